The van der Waals surface area contributed by atoms with Crippen molar-refractivity contribution in [2.24, 2.45) is 0 Å². The van der Waals surface area contributed by atoms with Gasteiger partial charge in [-0.15, -0.1) is 0 Å². The van der Waals surface area contributed by atoms with E-state index in [1.807, 2.05) is 0 Å². The molecular formula is C16H19NO2. The fourth-order valence-corrected chi connectivity index (χ4v) is 3.53. The highest BCUT2D eigenvalue weighted by atomic mass is 16.7. The highest BCUT2D eigenvalue weighted by Crippen LogP contribution is 2.41. The van der Waals surface area contributed by atoms with Gasteiger partial charge in [0.25, 0.3) is 0 Å². The zero-order valence-corrected chi connectivity index (χ0v) is 11.0. The van der Waals surface area contributed by atoms with E-state index in [1.165, 1.54) is 10.9 Å². The zero-order valence-electron chi connectivity index (χ0n) is 11.0. The van der Waals surface area contributed by atoms with Crippen LogP contribution in [0.4, 0.5) is 0 Å². The van der Waals surface area contributed by atoms with Crippen molar-refractivity contribution in [3.63, 3.8) is 0 Å². The van der Waals surface area contributed by atoms with Gasteiger partial charge in [0, 0.05) is 30.6 Å². The molecular weight excluding hydrogens is 238 g/mol. The van der Waals surface area contributed by atoms with Crippen LogP contribution in [0, 0.1) is 0 Å². The van der Waals surface area contributed by atoms with E-state index in [1.54, 1.807) is 0 Å². The summed E-state index contributed by atoms with van der Waals surface area (Å²) in [5.41, 5.74) is 1.34. The van der Waals surface area contributed by atoms with E-state index in [9.17, 15) is 0 Å². The van der Waals surface area contributed by atoms with Crippen molar-refractivity contribution >= 4 is 10.9 Å². The summed E-state index contributed by atoms with van der Waals surface area (Å²) in [7, 11) is 0. The molecule has 1 aliphatic heterocycles. The molecule has 0 radical (unpaired) electrons. The number of rotatable bonds is 1. The second kappa shape index (κ2) is 4.36. The number of hydrogen-bond donors (Lipinski definition) is 0. The first kappa shape index (κ1) is 11.5. The van der Waals surface area contributed by atoms with Gasteiger partial charge in [-0.3, -0.25) is 0 Å². The maximum atomic E-state index is 5.80. The number of nitrogens with zero attached hydrogens (tertiary/aromatic N) is 1. The molecule has 2 heterocycles. The first-order chi connectivity index (χ1) is 9.36. The molecule has 0 N–H and O–H groups in total. The van der Waals surface area contributed by atoms with Gasteiger partial charge in [-0.2, -0.15) is 0 Å². The third-order valence-electron chi connectivity index (χ3n) is 4.55. The molecule has 2 fully saturated rings. The second-order valence-corrected chi connectivity index (χ2v) is 5.62. The lowest BCUT2D eigenvalue weighted by molar-refractivity contribution is -0.181. The fraction of sp³-hybridized carbons (Fsp3) is 0.500. The summed E-state index contributed by atoms with van der Waals surface area (Å²) in [4.78, 5) is 0. The molecule has 0 unspecified atom stereocenters. The Morgan fingerprint density at radius 2 is 1.74 bits per heavy atom. The molecule has 3 heteroatoms. The molecule has 3 nitrogen and oxygen atoms in total. The lowest BCUT2D eigenvalue weighted by Crippen LogP contribution is -2.35. The number of para-hydroxylation sites is 1. The van der Waals surface area contributed by atoms with Crippen molar-refractivity contribution in [2.75, 3.05) is 13.2 Å². The van der Waals surface area contributed by atoms with Gasteiger partial charge in [0.1, 0.15) is 0 Å². The lowest BCUT2D eigenvalue weighted by atomic mass is 9.90. The molecule has 1 aromatic carbocycles. The third kappa shape index (κ3) is 1.88. The molecule has 19 heavy (non-hydrogen) atoms. The van der Waals surface area contributed by atoms with Crippen LogP contribution in [0.2, 0.25) is 0 Å². The summed E-state index contributed by atoms with van der Waals surface area (Å²) < 4.78 is 14.0. The smallest absolute Gasteiger partial charge is 0.168 e. The number of fused-ring (bicyclic) bond motifs is 1. The SMILES string of the molecule is c1ccc2c(c1)ccn2C1CCC2(CC1)OCCO2. The van der Waals surface area contributed by atoms with Crippen LogP contribution in [0.15, 0.2) is 36.5 Å². The summed E-state index contributed by atoms with van der Waals surface area (Å²) in [5.74, 6) is -0.251. The predicted molar refractivity (Wildman–Crippen MR) is 74.1 cm³/mol. The summed E-state index contributed by atoms with van der Waals surface area (Å²) >= 11 is 0. The molecule has 100 valence electrons. The monoisotopic (exact) mass is 257 g/mol. The van der Waals surface area contributed by atoms with Crippen molar-refractivity contribution < 1.29 is 9.47 Å². The fourth-order valence-electron chi connectivity index (χ4n) is 3.53. The normalized spacial score (nSPS) is 23.4. The van der Waals surface area contributed by atoms with E-state index in [4.69, 9.17) is 9.47 Å². The van der Waals surface area contributed by atoms with E-state index in [2.05, 4.69) is 41.1 Å². The Balaban J connectivity index is 1.58. The van der Waals surface area contributed by atoms with Crippen LogP contribution in [-0.2, 0) is 9.47 Å². The van der Waals surface area contributed by atoms with Gasteiger partial charge in [-0.05, 0) is 30.4 Å². The van der Waals surface area contributed by atoms with E-state index < -0.39 is 0 Å². The standard InChI is InChI=1S/C16H19NO2/c1-2-4-15-13(3-1)7-10-17(15)14-5-8-16(9-6-14)18-11-12-19-16/h1-4,7,10,14H,5-6,8-9,11-12H2. The van der Waals surface area contributed by atoms with Crippen LogP contribution in [0.1, 0.15) is 31.7 Å². The van der Waals surface area contributed by atoms with E-state index in [0.29, 0.717) is 6.04 Å². The van der Waals surface area contributed by atoms with Crippen LogP contribution in [0.3, 0.4) is 0 Å². The van der Waals surface area contributed by atoms with Gasteiger partial charge < -0.3 is 14.0 Å². The van der Waals surface area contributed by atoms with Crippen LogP contribution in [0.5, 0.6) is 0 Å². The molecule has 0 amide bonds. The molecule has 0 atom stereocenters. The predicted octanol–water partition coefficient (Wildman–Crippen LogP) is 3.50. The van der Waals surface area contributed by atoms with Crippen molar-refractivity contribution in [2.45, 2.75) is 37.5 Å². The Hall–Kier alpha value is -1.32. The highest BCUT2D eigenvalue weighted by Gasteiger charge is 2.40. The maximum Gasteiger partial charge on any atom is 0.168 e. The molecule has 1 spiro atoms. The van der Waals surface area contributed by atoms with Crippen LogP contribution >= 0.6 is 0 Å². The minimum Gasteiger partial charge on any atom is -0.348 e. The number of hydrogen-bond acceptors (Lipinski definition) is 2. The molecule has 2 aliphatic rings. The summed E-state index contributed by atoms with van der Waals surface area (Å²) in [6, 6.07) is 11.4. The first-order valence-corrected chi connectivity index (χ1v) is 7.20. The summed E-state index contributed by atoms with van der Waals surface area (Å²) in [6.07, 6.45) is 6.54. The number of benzene rings is 1. The van der Waals surface area contributed by atoms with Gasteiger partial charge in [-0.1, -0.05) is 18.2 Å². The number of aromatic nitrogens is 1. The quantitative estimate of drug-likeness (QED) is 0.780. The summed E-state index contributed by atoms with van der Waals surface area (Å²) in [5, 5.41) is 1.33. The van der Waals surface area contributed by atoms with Gasteiger partial charge in [0.05, 0.1) is 13.2 Å². The maximum absolute atomic E-state index is 5.80. The Morgan fingerprint density at radius 1 is 1.00 bits per heavy atom. The Labute approximate surface area is 113 Å². The van der Waals surface area contributed by atoms with E-state index >= 15 is 0 Å². The van der Waals surface area contributed by atoms with E-state index in [-0.39, 0.29) is 5.79 Å². The Morgan fingerprint density at radius 3 is 2.53 bits per heavy atom. The molecule has 1 saturated heterocycles. The highest BCUT2D eigenvalue weighted by molar-refractivity contribution is 5.80. The van der Waals surface area contributed by atoms with Crippen LogP contribution in [-0.4, -0.2) is 23.6 Å². The van der Waals surface area contributed by atoms with Gasteiger partial charge in [0.15, 0.2) is 5.79 Å². The Bertz CT molecular complexity index is 573. The molecule has 0 bridgehead atoms. The van der Waals surface area contributed by atoms with Crippen LogP contribution in [0.25, 0.3) is 10.9 Å². The lowest BCUT2D eigenvalue weighted by Gasteiger charge is -2.36. The van der Waals surface area contributed by atoms with Crippen LogP contribution < -0.4 is 0 Å². The minimum absolute atomic E-state index is 0.251. The van der Waals surface area contributed by atoms with Crippen molar-refractivity contribution in [3.05, 3.63) is 36.5 Å². The molecule has 1 saturated carbocycles. The first-order valence-electron chi connectivity index (χ1n) is 7.20. The average Bonchev–Trinajstić information content (AvgIpc) is 3.08. The van der Waals surface area contributed by atoms with Crippen molar-refractivity contribution in [3.8, 4) is 0 Å². The van der Waals surface area contributed by atoms with Gasteiger partial charge in [0.2, 0.25) is 0 Å². The minimum atomic E-state index is -0.251. The summed E-state index contributed by atoms with van der Waals surface area (Å²) in [6.45, 7) is 1.52. The number of ether oxygens (including phenoxy) is 2. The molecule has 4 rings (SSSR count). The second-order valence-electron chi connectivity index (χ2n) is 5.62. The zero-order chi connectivity index (χ0) is 12.7. The third-order valence-corrected chi connectivity index (χ3v) is 4.55. The van der Waals surface area contributed by atoms with Crippen molar-refractivity contribution in [1.82, 2.24) is 4.57 Å². The largest absolute Gasteiger partial charge is 0.348 e. The van der Waals surface area contributed by atoms with E-state index in [0.717, 1.165) is 38.9 Å². The molecule has 2 aromatic rings. The van der Waals surface area contributed by atoms with Gasteiger partial charge >= 0.3 is 0 Å². The Kier molecular flexibility index (Phi) is 2.64. The average molecular weight is 257 g/mol. The molecule has 1 aromatic heterocycles. The molecule has 1 aliphatic carbocycles. The topological polar surface area (TPSA) is 23.4 Å². The van der Waals surface area contributed by atoms with Crippen molar-refractivity contribution in [1.29, 1.82) is 0 Å². The van der Waals surface area contributed by atoms with Gasteiger partial charge in [-0.25, -0.2) is 0 Å².